The Bertz CT molecular complexity index is 1430. The topological polar surface area (TPSA) is 77.5 Å². The zero-order valence-electron chi connectivity index (χ0n) is 17.8. The van der Waals surface area contributed by atoms with Crippen molar-refractivity contribution in [3.8, 4) is 11.5 Å². The summed E-state index contributed by atoms with van der Waals surface area (Å²) in [7, 11) is -3.81. The maximum atomic E-state index is 13.6. The Morgan fingerprint density at radius 1 is 0.844 bits per heavy atom. The highest BCUT2D eigenvalue weighted by Gasteiger charge is 2.24. The molecular weight excluding hydrogens is 424 g/mol. The number of hydrogen-bond acceptors (Lipinski definition) is 6. The normalized spacial score (nSPS) is 13.2. The van der Waals surface area contributed by atoms with Gasteiger partial charge in [-0.05, 0) is 50.2 Å². The Kier molecular flexibility index (Phi) is 4.98. The minimum absolute atomic E-state index is 0.120. The van der Waals surface area contributed by atoms with Gasteiger partial charge in [0.25, 0.3) is 0 Å². The molecule has 0 atom stereocenters. The summed E-state index contributed by atoms with van der Waals surface area (Å²) >= 11 is 0. The second-order valence-electron chi connectivity index (χ2n) is 7.82. The average Bonchev–Trinajstić information content (AvgIpc) is 2.79. The third-order valence-electron chi connectivity index (χ3n) is 5.42. The summed E-state index contributed by atoms with van der Waals surface area (Å²) in [5.41, 5.74) is 3.89. The van der Waals surface area contributed by atoms with Crippen molar-refractivity contribution in [2.24, 2.45) is 0 Å². The summed E-state index contributed by atoms with van der Waals surface area (Å²) in [6.45, 7) is 4.87. The van der Waals surface area contributed by atoms with Crippen molar-refractivity contribution < 1.29 is 17.9 Å². The van der Waals surface area contributed by atoms with Crippen molar-refractivity contribution in [1.29, 1.82) is 0 Å². The van der Waals surface area contributed by atoms with E-state index in [0.717, 1.165) is 16.5 Å². The summed E-state index contributed by atoms with van der Waals surface area (Å²) in [5.74, 6) is 1.29. The Balaban J connectivity index is 1.69. The van der Waals surface area contributed by atoms with E-state index in [9.17, 15) is 8.42 Å². The average molecular weight is 447 g/mol. The first-order valence-electron chi connectivity index (χ1n) is 10.3. The van der Waals surface area contributed by atoms with Crippen LogP contribution in [0.25, 0.3) is 10.9 Å². The quantitative estimate of drug-likeness (QED) is 0.464. The number of fused-ring (bicyclic) bond motifs is 2. The van der Waals surface area contributed by atoms with Gasteiger partial charge >= 0.3 is 0 Å². The molecule has 1 aromatic heterocycles. The van der Waals surface area contributed by atoms with Crippen LogP contribution in [0.3, 0.4) is 0 Å². The van der Waals surface area contributed by atoms with Crippen LogP contribution in [0.15, 0.2) is 76.7 Å². The molecule has 1 aliphatic rings. The fourth-order valence-corrected chi connectivity index (χ4v) is 5.10. The maximum Gasteiger partial charge on any atom is 0.210 e. The molecule has 162 valence electrons. The number of sulfone groups is 1. The van der Waals surface area contributed by atoms with E-state index in [0.29, 0.717) is 41.6 Å². The number of nitrogens with one attached hydrogen (secondary N) is 1. The molecule has 0 saturated carbocycles. The maximum absolute atomic E-state index is 13.6. The van der Waals surface area contributed by atoms with Crippen LogP contribution in [0.1, 0.15) is 11.1 Å². The molecule has 0 amide bonds. The van der Waals surface area contributed by atoms with Crippen molar-refractivity contribution in [3.05, 3.63) is 78.0 Å². The smallest absolute Gasteiger partial charge is 0.210 e. The molecule has 0 bridgehead atoms. The molecule has 7 heteroatoms. The summed E-state index contributed by atoms with van der Waals surface area (Å²) < 4.78 is 38.5. The van der Waals surface area contributed by atoms with Gasteiger partial charge in [-0.2, -0.15) is 0 Å². The first kappa shape index (κ1) is 20.3. The lowest BCUT2D eigenvalue weighted by Crippen LogP contribution is -2.15. The summed E-state index contributed by atoms with van der Waals surface area (Å²) in [6.07, 6.45) is 1.42. The van der Waals surface area contributed by atoms with Crippen LogP contribution in [-0.4, -0.2) is 26.6 Å². The van der Waals surface area contributed by atoms with Crippen LogP contribution in [-0.2, 0) is 9.84 Å². The number of anilines is 2. The molecular formula is C25H22N2O4S. The van der Waals surface area contributed by atoms with E-state index >= 15 is 0 Å². The second kappa shape index (κ2) is 7.84. The molecule has 0 unspecified atom stereocenters. The van der Waals surface area contributed by atoms with E-state index in [2.05, 4.69) is 10.3 Å². The van der Waals surface area contributed by atoms with Gasteiger partial charge in [-0.3, -0.25) is 4.98 Å². The molecule has 2 heterocycles. The summed E-state index contributed by atoms with van der Waals surface area (Å²) in [4.78, 5) is 4.78. The third kappa shape index (κ3) is 3.65. The van der Waals surface area contributed by atoms with Gasteiger partial charge in [0.2, 0.25) is 9.84 Å². The summed E-state index contributed by atoms with van der Waals surface area (Å²) in [6, 6.07) is 18.1. The molecule has 0 aliphatic carbocycles. The second-order valence-corrected chi connectivity index (χ2v) is 9.74. The molecule has 1 N–H and O–H groups in total. The fraction of sp³-hybridized carbons (Fsp3) is 0.160. The number of ether oxygens (including phenoxy) is 2. The predicted octanol–water partition coefficient (Wildman–Crippen LogP) is 5.20. The standard InChI is InChI=1S/C25H22N2O4S/c1-16-3-7-19(8-4-16)32(28,29)24-15-26-21-9-5-17(2)13-20(21)25(24)27-18-6-10-22-23(14-18)31-12-11-30-22/h3-10,13-15H,11-12H2,1-2H3,(H,26,27). The molecule has 1 aliphatic heterocycles. The van der Waals surface area contributed by atoms with Gasteiger partial charge in [-0.1, -0.05) is 29.3 Å². The van der Waals surface area contributed by atoms with Crippen LogP contribution >= 0.6 is 0 Å². The third-order valence-corrected chi connectivity index (χ3v) is 7.20. The zero-order chi connectivity index (χ0) is 22.3. The number of hydrogen-bond donors (Lipinski definition) is 1. The largest absolute Gasteiger partial charge is 0.486 e. The summed E-state index contributed by atoms with van der Waals surface area (Å²) in [5, 5.41) is 4.06. The molecule has 0 spiro atoms. The van der Waals surface area contributed by atoms with Gasteiger partial charge in [0, 0.05) is 23.3 Å². The lowest BCUT2D eigenvalue weighted by molar-refractivity contribution is 0.171. The number of aromatic nitrogens is 1. The highest BCUT2D eigenvalue weighted by atomic mass is 32.2. The van der Waals surface area contributed by atoms with E-state index in [1.165, 1.54) is 6.20 Å². The predicted molar refractivity (Wildman–Crippen MR) is 124 cm³/mol. The van der Waals surface area contributed by atoms with E-state index in [1.807, 2.05) is 50.2 Å². The van der Waals surface area contributed by atoms with E-state index < -0.39 is 9.84 Å². The van der Waals surface area contributed by atoms with Crippen molar-refractivity contribution in [3.63, 3.8) is 0 Å². The molecule has 0 saturated heterocycles. The Morgan fingerprint density at radius 3 is 2.34 bits per heavy atom. The zero-order valence-corrected chi connectivity index (χ0v) is 18.6. The van der Waals surface area contributed by atoms with E-state index in [1.54, 1.807) is 24.3 Å². The van der Waals surface area contributed by atoms with Crippen molar-refractivity contribution in [2.45, 2.75) is 23.6 Å². The van der Waals surface area contributed by atoms with Crippen molar-refractivity contribution in [2.75, 3.05) is 18.5 Å². The SMILES string of the molecule is Cc1ccc(S(=O)(=O)c2cnc3ccc(C)cc3c2Nc2ccc3c(c2)OCCO3)cc1. The Morgan fingerprint density at radius 2 is 1.56 bits per heavy atom. The monoisotopic (exact) mass is 446 g/mol. The molecule has 6 nitrogen and oxygen atoms in total. The lowest BCUT2D eigenvalue weighted by atomic mass is 10.1. The minimum atomic E-state index is -3.81. The van der Waals surface area contributed by atoms with Gasteiger partial charge in [0.1, 0.15) is 18.1 Å². The van der Waals surface area contributed by atoms with Gasteiger partial charge < -0.3 is 14.8 Å². The Labute approximate surface area is 186 Å². The highest BCUT2D eigenvalue weighted by molar-refractivity contribution is 7.91. The van der Waals surface area contributed by atoms with E-state index in [4.69, 9.17) is 9.47 Å². The first-order chi connectivity index (χ1) is 15.4. The van der Waals surface area contributed by atoms with Crippen molar-refractivity contribution >= 4 is 32.1 Å². The van der Waals surface area contributed by atoms with Gasteiger partial charge in [0.15, 0.2) is 11.5 Å². The fourth-order valence-electron chi connectivity index (χ4n) is 3.73. The molecule has 4 aromatic rings. The number of benzene rings is 3. The number of pyridine rings is 1. The lowest BCUT2D eigenvalue weighted by Gasteiger charge is -2.20. The van der Waals surface area contributed by atoms with Crippen LogP contribution in [0.2, 0.25) is 0 Å². The Hall–Kier alpha value is -3.58. The van der Waals surface area contributed by atoms with Gasteiger partial charge in [-0.25, -0.2) is 8.42 Å². The number of aryl methyl sites for hydroxylation is 2. The molecule has 32 heavy (non-hydrogen) atoms. The highest BCUT2D eigenvalue weighted by Crippen LogP contribution is 2.38. The van der Waals surface area contributed by atoms with E-state index in [-0.39, 0.29) is 9.79 Å². The van der Waals surface area contributed by atoms with Crippen molar-refractivity contribution in [1.82, 2.24) is 4.98 Å². The van der Waals surface area contributed by atoms with Crippen LogP contribution in [0.4, 0.5) is 11.4 Å². The van der Waals surface area contributed by atoms with Gasteiger partial charge in [0.05, 0.1) is 16.1 Å². The first-order valence-corrected chi connectivity index (χ1v) is 11.8. The van der Waals surface area contributed by atoms with Crippen LogP contribution < -0.4 is 14.8 Å². The molecule has 0 fully saturated rings. The van der Waals surface area contributed by atoms with Crippen LogP contribution in [0.5, 0.6) is 11.5 Å². The number of nitrogens with zero attached hydrogens (tertiary/aromatic N) is 1. The van der Waals surface area contributed by atoms with Gasteiger partial charge in [-0.15, -0.1) is 0 Å². The molecule has 5 rings (SSSR count). The molecule has 0 radical (unpaired) electrons. The minimum Gasteiger partial charge on any atom is -0.486 e. The molecule has 3 aromatic carbocycles. The van der Waals surface area contributed by atoms with Crippen LogP contribution in [0, 0.1) is 13.8 Å². The number of rotatable bonds is 4.